The summed E-state index contributed by atoms with van der Waals surface area (Å²) in [7, 11) is 0. The topological polar surface area (TPSA) is 38.3 Å². The maximum atomic E-state index is 12.3. The summed E-state index contributed by atoms with van der Waals surface area (Å²) in [5.74, 6) is 0.525. The monoisotopic (exact) mass is 351 g/mol. The molecule has 0 spiro atoms. The molecular weight excluding hydrogens is 333 g/mol. The van der Waals surface area contributed by atoms with Crippen LogP contribution in [0.2, 0.25) is 10.0 Å². The lowest BCUT2D eigenvalue weighted by molar-refractivity contribution is -0.128. The van der Waals surface area contributed by atoms with Gasteiger partial charge in [-0.15, -0.1) is 0 Å². The Labute approximate surface area is 146 Å². The normalized spacial score (nSPS) is 11.8. The molecule has 2 rings (SSSR count). The summed E-state index contributed by atoms with van der Waals surface area (Å²) in [5.41, 5.74) is 1.90. The van der Waals surface area contributed by atoms with Crippen molar-refractivity contribution in [1.82, 2.24) is 5.32 Å². The number of hydrogen-bond acceptors (Lipinski definition) is 2. The highest BCUT2D eigenvalue weighted by atomic mass is 35.5. The molecule has 2 aromatic carbocycles. The molecule has 1 atom stereocenters. The fourth-order valence-corrected chi connectivity index (χ4v) is 2.61. The van der Waals surface area contributed by atoms with E-state index in [2.05, 4.69) is 5.32 Å². The summed E-state index contributed by atoms with van der Waals surface area (Å²) in [6.07, 6.45) is 0.0385. The molecule has 0 fully saturated rings. The quantitative estimate of drug-likeness (QED) is 0.813. The van der Waals surface area contributed by atoms with Crippen molar-refractivity contribution < 1.29 is 9.53 Å². The SMILES string of the molecule is CC[C@H](Oc1cccc(C)c1)C(=O)NCc1ccc(Cl)cc1Cl. The first kappa shape index (κ1) is 17.6. The molecule has 23 heavy (non-hydrogen) atoms. The average Bonchev–Trinajstić information content (AvgIpc) is 2.51. The standard InChI is InChI=1S/C18H19Cl2NO2/c1-3-17(23-15-6-4-5-12(2)9-15)18(22)21-11-13-7-8-14(19)10-16(13)20/h4-10,17H,3,11H2,1-2H3,(H,21,22)/t17-/m0/s1. The van der Waals surface area contributed by atoms with Gasteiger partial charge in [-0.1, -0.05) is 48.3 Å². The van der Waals surface area contributed by atoms with Crippen molar-refractivity contribution in [3.8, 4) is 5.75 Å². The molecule has 122 valence electrons. The summed E-state index contributed by atoms with van der Waals surface area (Å²) in [6.45, 7) is 4.23. The van der Waals surface area contributed by atoms with Gasteiger partial charge in [0.05, 0.1) is 0 Å². The summed E-state index contributed by atoms with van der Waals surface area (Å²) >= 11 is 12.0. The molecule has 0 aliphatic rings. The van der Waals surface area contributed by atoms with Gasteiger partial charge in [0, 0.05) is 16.6 Å². The highest BCUT2D eigenvalue weighted by molar-refractivity contribution is 6.35. The molecule has 0 radical (unpaired) electrons. The number of carbonyl (C=O) groups excluding carboxylic acids is 1. The van der Waals surface area contributed by atoms with E-state index in [1.807, 2.05) is 38.1 Å². The second-order valence-electron chi connectivity index (χ2n) is 5.28. The summed E-state index contributed by atoms with van der Waals surface area (Å²) in [6, 6.07) is 12.8. The molecular formula is C18H19Cl2NO2. The molecule has 0 saturated heterocycles. The fourth-order valence-electron chi connectivity index (χ4n) is 2.14. The minimum absolute atomic E-state index is 0.167. The Bertz CT molecular complexity index is 688. The van der Waals surface area contributed by atoms with Crippen LogP contribution in [0.1, 0.15) is 24.5 Å². The van der Waals surface area contributed by atoms with Gasteiger partial charge in [-0.2, -0.15) is 0 Å². The number of aryl methyl sites for hydroxylation is 1. The van der Waals surface area contributed by atoms with Crippen LogP contribution in [0.15, 0.2) is 42.5 Å². The maximum absolute atomic E-state index is 12.3. The molecule has 0 saturated carbocycles. The Kier molecular flexibility index (Phi) is 6.31. The smallest absolute Gasteiger partial charge is 0.261 e. The van der Waals surface area contributed by atoms with Crippen LogP contribution < -0.4 is 10.1 Å². The van der Waals surface area contributed by atoms with E-state index in [1.165, 1.54) is 0 Å². The molecule has 1 N–H and O–H groups in total. The summed E-state index contributed by atoms with van der Waals surface area (Å²) < 4.78 is 5.78. The Morgan fingerprint density at radius 2 is 2.00 bits per heavy atom. The van der Waals surface area contributed by atoms with E-state index >= 15 is 0 Å². The van der Waals surface area contributed by atoms with Crippen molar-refractivity contribution in [3.05, 3.63) is 63.6 Å². The zero-order valence-electron chi connectivity index (χ0n) is 13.1. The van der Waals surface area contributed by atoms with E-state index in [9.17, 15) is 4.79 Å². The highest BCUT2D eigenvalue weighted by Crippen LogP contribution is 2.21. The molecule has 1 amide bonds. The first-order chi connectivity index (χ1) is 11.0. The lowest BCUT2D eigenvalue weighted by Crippen LogP contribution is -2.37. The number of amides is 1. The minimum Gasteiger partial charge on any atom is -0.481 e. The summed E-state index contributed by atoms with van der Waals surface area (Å²) in [5, 5.41) is 3.96. The van der Waals surface area contributed by atoms with E-state index in [0.29, 0.717) is 28.8 Å². The van der Waals surface area contributed by atoms with Gasteiger partial charge in [0.15, 0.2) is 6.10 Å². The molecule has 0 bridgehead atoms. The number of nitrogens with one attached hydrogen (secondary N) is 1. The van der Waals surface area contributed by atoms with Crippen LogP contribution >= 0.6 is 23.2 Å². The third-order valence-corrected chi connectivity index (χ3v) is 3.99. The van der Waals surface area contributed by atoms with Crippen molar-refractivity contribution in [2.24, 2.45) is 0 Å². The number of benzene rings is 2. The van der Waals surface area contributed by atoms with Gasteiger partial charge in [-0.25, -0.2) is 0 Å². The zero-order valence-corrected chi connectivity index (χ0v) is 14.6. The maximum Gasteiger partial charge on any atom is 0.261 e. The van der Waals surface area contributed by atoms with Crippen LogP contribution in [0.3, 0.4) is 0 Å². The van der Waals surface area contributed by atoms with Crippen molar-refractivity contribution in [2.75, 3.05) is 0 Å². The molecule has 2 aromatic rings. The van der Waals surface area contributed by atoms with Crippen molar-refractivity contribution in [1.29, 1.82) is 0 Å². The lowest BCUT2D eigenvalue weighted by atomic mass is 10.2. The van der Waals surface area contributed by atoms with Crippen LogP contribution in [-0.2, 0) is 11.3 Å². The van der Waals surface area contributed by atoms with E-state index in [-0.39, 0.29) is 5.91 Å². The zero-order chi connectivity index (χ0) is 16.8. The van der Waals surface area contributed by atoms with Gasteiger partial charge in [0.25, 0.3) is 5.91 Å². The molecule has 0 aliphatic heterocycles. The number of halogens is 2. The van der Waals surface area contributed by atoms with Gasteiger partial charge in [-0.3, -0.25) is 4.79 Å². The third-order valence-electron chi connectivity index (χ3n) is 3.40. The van der Waals surface area contributed by atoms with Crippen molar-refractivity contribution in [3.63, 3.8) is 0 Å². The van der Waals surface area contributed by atoms with Gasteiger partial charge in [0.2, 0.25) is 0 Å². The molecule has 3 nitrogen and oxygen atoms in total. The first-order valence-electron chi connectivity index (χ1n) is 7.44. The van der Waals surface area contributed by atoms with Crippen molar-refractivity contribution >= 4 is 29.1 Å². The second-order valence-corrected chi connectivity index (χ2v) is 6.13. The van der Waals surface area contributed by atoms with Crippen LogP contribution in [-0.4, -0.2) is 12.0 Å². The van der Waals surface area contributed by atoms with Crippen LogP contribution in [0, 0.1) is 6.92 Å². The van der Waals surface area contributed by atoms with Gasteiger partial charge in [0.1, 0.15) is 5.75 Å². The molecule has 5 heteroatoms. The predicted octanol–water partition coefficient (Wildman–Crippen LogP) is 4.78. The van der Waals surface area contributed by atoms with E-state index in [1.54, 1.807) is 18.2 Å². The largest absolute Gasteiger partial charge is 0.481 e. The molecule has 0 unspecified atom stereocenters. The number of hydrogen-bond donors (Lipinski definition) is 1. The van der Waals surface area contributed by atoms with Crippen LogP contribution in [0.4, 0.5) is 0 Å². The molecule has 0 aliphatic carbocycles. The van der Waals surface area contributed by atoms with Gasteiger partial charge in [-0.05, 0) is 48.7 Å². The Balaban J connectivity index is 1.97. The van der Waals surface area contributed by atoms with E-state index in [4.69, 9.17) is 27.9 Å². The Morgan fingerprint density at radius 1 is 1.22 bits per heavy atom. The van der Waals surface area contributed by atoms with Gasteiger partial charge >= 0.3 is 0 Å². The third kappa shape index (κ3) is 5.15. The average molecular weight is 352 g/mol. The van der Waals surface area contributed by atoms with Crippen LogP contribution in [0.25, 0.3) is 0 Å². The highest BCUT2D eigenvalue weighted by Gasteiger charge is 2.18. The number of ether oxygens (including phenoxy) is 1. The Morgan fingerprint density at radius 3 is 2.65 bits per heavy atom. The van der Waals surface area contributed by atoms with Gasteiger partial charge < -0.3 is 10.1 Å². The van der Waals surface area contributed by atoms with Crippen LogP contribution in [0.5, 0.6) is 5.75 Å². The molecule has 0 heterocycles. The predicted molar refractivity (Wildman–Crippen MR) is 94.2 cm³/mol. The molecule has 0 aromatic heterocycles. The summed E-state index contributed by atoms with van der Waals surface area (Å²) in [4.78, 5) is 12.3. The number of carbonyl (C=O) groups is 1. The van der Waals surface area contributed by atoms with Crippen molar-refractivity contribution in [2.45, 2.75) is 32.9 Å². The lowest BCUT2D eigenvalue weighted by Gasteiger charge is -2.18. The van der Waals surface area contributed by atoms with E-state index in [0.717, 1.165) is 11.1 Å². The second kappa shape index (κ2) is 8.23. The van der Waals surface area contributed by atoms with E-state index < -0.39 is 6.10 Å². The fraction of sp³-hybridized carbons (Fsp3) is 0.278. The number of rotatable bonds is 6. The minimum atomic E-state index is -0.539. The Hall–Kier alpha value is -1.71. The first-order valence-corrected chi connectivity index (χ1v) is 8.20.